The summed E-state index contributed by atoms with van der Waals surface area (Å²) in [5.41, 5.74) is 2.43. The topological polar surface area (TPSA) is 131 Å². The van der Waals surface area contributed by atoms with Gasteiger partial charge in [0.25, 0.3) is 14.2 Å². The second-order valence-electron chi connectivity index (χ2n) is 10.4. The van der Waals surface area contributed by atoms with E-state index in [4.69, 9.17) is 26.6 Å². The highest BCUT2D eigenvalue weighted by Crippen LogP contribution is 2.46. The minimum atomic E-state index is -1.39. The van der Waals surface area contributed by atoms with E-state index in [1.165, 1.54) is 13.2 Å². The van der Waals surface area contributed by atoms with Gasteiger partial charge < -0.3 is 28.5 Å². The quantitative estimate of drug-likeness (QED) is 0.0507. The summed E-state index contributed by atoms with van der Waals surface area (Å²) in [5.74, 6) is 1.22. The summed E-state index contributed by atoms with van der Waals surface area (Å²) in [6.45, 7) is 10.1. The van der Waals surface area contributed by atoms with Crippen molar-refractivity contribution in [2.75, 3.05) is 52.5 Å². The normalized spacial score (nSPS) is 12.5. The fourth-order valence-electron chi connectivity index (χ4n) is 4.97. The van der Waals surface area contributed by atoms with Gasteiger partial charge in [0.2, 0.25) is 1.43 Å². The molecule has 0 bridgehead atoms. The molecule has 1 atom stereocenters. The highest BCUT2D eigenvalue weighted by atomic mass is 31.2. The maximum Gasteiger partial charge on any atom is 0.277 e. The lowest BCUT2D eigenvalue weighted by Crippen LogP contribution is -2.34. The smallest absolute Gasteiger partial charge is 0.277 e. The zero-order valence-electron chi connectivity index (χ0n) is 29.8. The van der Waals surface area contributed by atoms with Gasteiger partial charge in [-0.25, -0.2) is 4.67 Å². The second kappa shape index (κ2) is 19.7. The molecule has 12 heteroatoms. The number of methoxy groups -OCH3 is 2. The first-order chi connectivity index (χ1) is 23.1. The summed E-state index contributed by atoms with van der Waals surface area (Å²) in [6.07, 6.45) is 4.09. The van der Waals surface area contributed by atoms with Crippen LogP contribution < -0.4 is 14.4 Å². The predicted octanol–water partition coefficient (Wildman–Crippen LogP) is 7.66. The molecule has 0 aliphatic rings. The van der Waals surface area contributed by atoms with Crippen molar-refractivity contribution < 1.29 is 29.9 Å². The number of fused-ring (bicyclic) bond motifs is 1. The van der Waals surface area contributed by atoms with Crippen LogP contribution in [0.2, 0.25) is 0 Å². The number of nitro groups is 1. The summed E-state index contributed by atoms with van der Waals surface area (Å²) < 4.78 is 39.8. The van der Waals surface area contributed by atoms with Crippen LogP contribution in [0.5, 0.6) is 11.5 Å². The van der Waals surface area contributed by atoms with E-state index in [-0.39, 0.29) is 36.0 Å². The molecule has 3 aromatic rings. The Bertz CT molecular complexity index is 1510. The minimum Gasteiger partial charge on any atom is -0.496 e. The summed E-state index contributed by atoms with van der Waals surface area (Å²) in [6, 6.07) is 16.8. The van der Waals surface area contributed by atoms with Crippen LogP contribution in [0.15, 0.2) is 48.5 Å². The molecule has 250 valence electrons. The van der Waals surface area contributed by atoms with Crippen molar-refractivity contribution in [2.45, 2.75) is 53.1 Å². The van der Waals surface area contributed by atoms with E-state index in [1.54, 1.807) is 32.4 Å². The Morgan fingerprint density at radius 1 is 1.04 bits per heavy atom. The molecule has 0 fully saturated rings. The Morgan fingerprint density at radius 3 is 2.26 bits per heavy atom. The Labute approximate surface area is 276 Å². The van der Waals surface area contributed by atoms with Crippen LogP contribution in [0.4, 0.5) is 11.4 Å². The summed E-state index contributed by atoms with van der Waals surface area (Å²) in [7, 11) is 3.10. The molecule has 3 aromatic carbocycles. The maximum absolute atomic E-state index is 11.5. The minimum absolute atomic E-state index is 0.0623. The zero-order chi connectivity index (χ0) is 35.6. The van der Waals surface area contributed by atoms with Crippen LogP contribution in [0.25, 0.3) is 22.9 Å². The van der Waals surface area contributed by atoms with Crippen molar-refractivity contribution in [2.24, 2.45) is 0 Å². The number of anilines is 1. The molecule has 0 radical (unpaired) electrons. The molecule has 0 saturated carbocycles. The zero-order valence-corrected chi connectivity index (χ0v) is 28.7. The lowest BCUT2D eigenvalue weighted by molar-refractivity contribution is -0.383. The standard InChI is InChI=1S/C33H43N4O6P.CH4O/c1-8-35(19-21-43-44(42-20-11-18-34)36(24(2)3)25(4)5)31-23-32(40-6)27(22-33(31)41-7)15-14-26-16-17-30(37(38)39)29-13-10-9-12-28(26)29;1-2/h9-10,12-17,22-25H,8,11,19-21H2,1-7H3;2H,1H3/b15-14+;/i1D;2T. The Kier molecular flexibility index (Phi) is 15.0. The number of nitriles is 1. The lowest BCUT2D eigenvalue weighted by Gasteiger charge is -2.36. The van der Waals surface area contributed by atoms with Crippen LogP contribution in [0.1, 0.15) is 53.5 Å². The van der Waals surface area contributed by atoms with E-state index in [1.807, 2.05) is 41.3 Å². The molecule has 46 heavy (non-hydrogen) atoms. The maximum atomic E-state index is 11.5. The molecule has 0 aliphatic heterocycles. The van der Waals surface area contributed by atoms with Crippen LogP contribution in [-0.2, 0) is 9.05 Å². The molecule has 0 amide bonds. The first-order valence-electron chi connectivity index (χ1n) is 16.0. The van der Waals surface area contributed by atoms with E-state index in [2.05, 4.69) is 43.5 Å². The van der Waals surface area contributed by atoms with Gasteiger partial charge in [-0.3, -0.25) is 10.1 Å². The van der Waals surface area contributed by atoms with Gasteiger partial charge in [-0.05, 0) is 63.7 Å². The van der Waals surface area contributed by atoms with Gasteiger partial charge in [-0.15, -0.1) is 0 Å². The van der Waals surface area contributed by atoms with Crippen LogP contribution >= 0.6 is 8.53 Å². The van der Waals surface area contributed by atoms with Crippen molar-refractivity contribution in [1.29, 1.82) is 6.69 Å². The summed E-state index contributed by atoms with van der Waals surface area (Å²) in [5, 5.41) is 25.4. The van der Waals surface area contributed by atoms with E-state index < -0.39 is 8.53 Å². The van der Waals surface area contributed by atoms with E-state index in [0.29, 0.717) is 43.2 Å². The predicted molar refractivity (Wildman–Crippen MR) is 186 cm³/mol. The van der Waals surface area contributed by atoms with Gasteiger partial charge >= 0.3 is 0 Å². The fraction of sp³-hybridized carbons (Fsp3) is 0.441. The molecule has 0 spiro atoms. The number of ether oxygens (including phenoxy) is 2. The van der Waals surface area contributed by atoms with Crippen LogP contribution in [0.3, 0.4) is 0 Å². The molecule has 0 aromatic heterocycles. The van der Waals surface area contributed by atoms with Gasteiger partial charge in [0.05, 0.1) is 55.9 Å². The van der Waals surface area contributed by atoms with Crippen molar-refractivity contribution >= 4 is 42.8 Å². The number of benzene rings is 3. The molecular formula is C34H47N4O7P. The molecule has 1 N–H and O–H groups in total. The molecule has 1 unspecified atom stereocenters. The number of aliphatic hydroxyl groups excluding tert-OH is 1. The number of aliphatic hydroxyl groups is 1. The number of likely N-dealkylation sites (N-methyl/N-ethyl adjacent to an activating group) is 1. The third kappa shape index (κ3) is 10.1. The van der Waals surface area contributed by atoms with Gasteiger partial charge in [-0.2, -0.15) is 5.26 Å². The van der Waals surface area contributed by atoms with E-state index in [0.717, 1.165) is 22.2 Å². The Balaban J connectivity index is 0.00000257. The third-order valence-corrected chi connectivity index (χ3v) is 9.05. The van der Waals surface area contributed by atoms with Crippen molar-refractivity contribution in [1.82, 2.24) is 4.67 Å². The SMILES string of the molecule is [2H]CCN(CCOP(OCCC#N)N(C(C)C)C(C)C)c1cc(OC)c(/C=C/c2ccc([N+](=O)[O-])c3ccccc23)cc1OC.[3H]OC. The Hall–Kier alpha value is -3.78. The van der Waals surface area contributed by atoms with Crippen LogP contribution in [0, 0.1) is 21.4 Å². The Morgan fingerprint density at radius 2 is 1.67 bits per heavy atom. The first-order valence-corrected chi connectivity index (χ1v) is 16.1. The van der Waals surface area contributed by atoms with Crippen molar-refractivity contribution in [3.63, 3.8) is 0 Å². The summed E-state index contributed by atoms with van der Waals surface area (Å²) in [4.78, 5) is 13.2. The highest BCUT2D eigenvalue weighted by molar-refractivity contribution is 7.44. The molecule has 3 rings (SSSR count). The molecule has 0 heterocycles. The lowest BCUT2D eigenvalue weighted by atomic mass is 10.0. The average molecular weight is 658 g/mol. The monoisotopic (exact) mass is 657 g/mol. The third-order valence-electron chi connectivity index (χ3n) is 6.94. The van der Waals surface area contributed by atoms with Crippen LogP contribution in [-0.4, -0.2) is 75.9 Å². The molecule has 0 aliphatic carbocycles. The largest absolute Gasteiger partial charge is 0.496 e. The summed E-state index contributed by atoms with van der Waals surface area (Å²) >= 11 is 0. The number of nitro benzene ring substituents is 1. The van der Waals surface area contributed by atoms with E-state index >= 15 is 0 Å². The van der Waals surface area contributed by atoms with Crippen molar-refractivity contribution in [3.8, 4) is 17.6 Å². The number of nitrogens with zero attached hydrogens (tertiary/aromatic N) is 4. The first kappa shape index (κ1) is 35.1. The number of non-ortho nitro benzene ring substituents is 1. The van der Waals surface area contributed by atoms with Gasteiger partial charge in [0.1, 0.15) is 11.5 Å². The van der Waals surface area contributed by atoms with Gasteiger partial charge in [0.15, 0.2) is 0 Å². The number of hydrogen-bond donors (Lipinski definition) is 1. The molecular weight excluding hydrogens is 607 g/mol. The molecule has 11 nitrogen and oxygen atoms in total. The number of rotatable bonds is 17. The van der Waals surface area contributed by atoms with Gasteiger partial charge in [0, 0.05) is 51.3 Å². The number of hydrogen-bond acceptors (Lipinski definition) is 10. The van der Waals surface area contributed by atoms with Crippen molar-refractivity contribution in [3.05, 3.63) is 69.8 Å². The van der Waals surface area contributed by atoms with E-state index in [9.17, 15) is 10.1 Å². The highest BCUT2D eigenvalue weighted by Gasteiger charge is 2.27. The van der Waals surface area contributed by atoms with Gasteiger partial charge in [-0.1, -0.05) is 30.4 Å². The fourth-order valence-corrected chi connectivity index (χ4v) is 6.55. The molecule has 0 saturated heterocycles. The average Bonchev–Trinajstić information content (AvgIpc) is 3.06. The second-order valence-corrected chi connectivity index (χ2v) is 11.9.